The molecule has 98 valence electrons. The maximum absolute atomic E-state index is 13.5. The molecule has 1 aliphatic heterocycles. The van der Waals surface area contributed by atoms with Gasteiger partial charge in [0, 0.05) is 25.2 Å². The Hall–Kier alpha value is -1.65. The summed E-state index contributed by atoms with van der Waals surface area (Å²) in [5.41, 5.74) is -0.0735. The number of carbonyl (C=O) groups is 1. The number of ether oxygens (including phenoxy) is 1. The molecule has 1 amide bonds. The summed E-state index contributed by atoms with van der Waals surface area (Å²) in [7, 11) is 0. The molecule has 4 nitrogen and oxygen atoms in total. The van der Waals surface area contributed by atoms with Crippen LogP contribution in [0.4, 0.5) is 9.18 Å². The zero-order valence-electron chi connectivity index (χ0n) is 10.8. The van der Waals surface area contributed by atoms with Crippen molar-refractivity contribution in [3.8, 4) is 0 Å². The summed E-state index contributed by atoms with van der Waals surface area (Å²) in [6, 6.07) is 2.95. The molecule has 0 unspecified atom stereocenters. The van der Waals surface area contributed by atoms with Crippen molar-refractivity contribution in [2.75, 3.05) is 13.1 Å². The van der Waals surface area contributed by atoms with Crippen LogP contribution >= 0.6 is 0 Å². The van der Waals surface area contributed by atoms with Gasteiger partial charge in [-0.1, -0.05) is 0 Å². The van der Waals surface area contributed by atoms with Crippen molar-refractivity contribution >= 4 is 6.09 Å². The molecule has 0 N–H and O–H groups in total. The highest BCUT2D eigenvalue weighted by Crippen LogP contribution is 2.28. The first-order valence-electron chi connectivity index (χ1n) is 5.95. The average molecular weight is 252 g/mol. The summed E-state index contributed by atoms with van der Waals surface area (Å²) in [4.78, 5) is 17.3. The number of likely N-dealkylation sites (tertiary alicyclic amines) is 1. The third-order valence-electron chi connectivity index (χ3n) is 2.71. The van der Waals surface area contributed by atoms with Gasteiger partial charge in [-0.15, -0.1) is 0 Å². The number of hydrogen-bond donors (Lipinski definition) is 0. The Morgan fingerprint density at radius 3 is 2.72 bits per heavy atom. The Balaban J connectivity index is 1.91. The van der Waals surface area contributed by atoms with Crippen LogP contribution in [0.15, 0.2) is 18.3 Å². The molecule has 0 aliphatic carbocycles. The fraction of sp³-hybridized carbons (Fsp3) is 0.538. The van der Waals surface area contributed by atoms with Gasteiger partial charge in [-0.05, 0) is 32.9 Å². The fourth-order valence-electron chi connectivity index (χ4n) is 1.83. The van der Waals surface area contributed by atoms with E-state index in [1.807, 2.05) is 20.8 Å². The third kappa shape index (κ3) is 2.78. The molecular weight excluding hydrogens is 235 g/mol. The lowest BCUT2D eigenvalue weighted by molar-refractivity contribution is 0.00755. The number of carbonyl (C=O) groups excluding carboxylic acids is 1. The Morgan fingerprint density at radius 1 is 1.50 bits per heavy atom. The topological polar surface area (TPSA) is 42.4 Å². The smallest absolute Gasteiger partial charge is 0.410 e. The van der Waals surface area contributed by atoms with Crippen molar-refractivity contribution in [3.05, 3.63) is 29.8 Å². The van der Waals surface area contributed by atoms with Crippen molar-refractivity contribution in [1.29, 1.82) is 0 Å². The minimum atomic E-state index is -0.502. The molecule has 0 aromatic carbocycles. The van der Waals surface area contributed by atoms with Crippen molar-refractivity contribution < 1.29 is 13.9 Å². The van der Waals surface area contributed by atoms with Gasteiger partial charge in [-0.2, -0.15) is 0 Å². The van der Waals surface area contributed by atoms with E-state index in [0.29, 0.717) is 18.8 Å². The highest BCUT2D eigenvalue weighted by molar-refractivity contribution is 5.69. The highest BCUT2D eigenvalue weighted by atomic mass is 19.1. The molecule has 2 heterocycles. The predicted octanol–water partition coefficient (Wildman–Crippen LogP) is 2.56. The Kier molecular flexibility index (Phi) is 3.24. The molecule has 1 aliphatic rings. The molecule has 0 bridgehead atoms. The number of pyridine rings is 1. The van der Waals surface area contributed by atoms with E-state index in [-0.39, 0.29) is 17.8 Å². The Morgan fingerprint density at radius 2 is 2.17 bits per heavy atom. The molecule has 0 saturated carbocycles. The number of hydrogen-bond acceptors (Lipinski definition) is 3. The van der Waals surface area contributed by atoms with Gasteiger partial charge in [0.1, 0.15) is 11.4 Å². The second-order valence-electron chi connectivity index (χ2n) is 5.45. The largest absolute Gasteiger partial charge is 0.444 e. The van der Waals surface area contributed by atoms with E-state index in [2.05, 4.69) is 4.98 Å². The standard InChI is InChI=1S/C13H17FN2O2/c1-13(2,3)18-12(17)16-7-9(8-16)11-10(14)5-4-6-15-11/h4-6,9H,7-8H2,1-3H3. The minimum absolute atomic E-state index is 0.0290. The molecule has 0 spiro atoms. The van der Waals surface area contributed by atoms with E-state index in [1.54, 1.807) is 17.2 Å². The summed E-state index contributed by atoms with van der Waals surface area (Å²) >= 11 is 0. The highest BCUT2D eigenvalue weighted by Gasteiger charge is 2.36. The van der Waals surface area contributed by atoms with Gasteiger partial charge >= 0.3 is 6.09 Å². The van der Waals surface area contributed by atoms with Gasteiger partial charge in [-0.3, -0.25) is 4.98 Å². The summed E-state index contributed by atoms with van der Waals surface area (Å²) in [5.74, 6) is -0.343. The monoisotopic (exact) mass is 252 g/mol. The maximum atomic E-state index is 13.5. The average Bonchev–Trinajstić information content (AvgIpc) is 2.15. The first kappa shape index (κ1) is 12.8. The fourth-order valence-corrected chi connectivity index (χ4v) is 1.83. The van der Waals surface area contributed by atoms with Crippen molar-refractivity contribution in [2.24, 2.45) is 0 Å². The van der Waals surface area contributed by atoms with Gasteiger partial charge in [0.25, 0.3) is 0 Å². The van der Waals surface area contributed by atoms with E-state index in [0.717, 1.165) is 0 Å². The summed E-state index contributed by atoms with van der Waals surface area (Å²) in [6.45, 7) is 6.38. The molecule has 1 aromatic rings. The zero-order chi connectivity index (χ0) is 13.3. The lowest BCUT2D eigenvalue weighted by Crippen LogP contribution is -2.50. The molecule has 0 atom stereocenters. The predicted molar refractivity (Wildman–Crippen MR) is 64.7 cm³/mol. The first-order valence-corrected chi connectivity index (χ1v) is 5.95. The number of halogens is 1. The van der Waals surface area contributed by atoms with Crippen LogP contribution in [0.3, 0.4) is 0 Å². The van der Waals surface area contributed by atoms with Gasteiger partial charge in [-0.25, -0.2) is 9.18 Å². The minimum Gasteiger partial charge on any atom is -0.444 e. The number of amides is 1. The van der Waals surface area contributed by atoms with Crippen LogP contribution in [0, 0.1) is 5.82 Å². The summed E-state index contributed by atoms with van der Waals surface area (Å²) < 4.78 is 18.7. The summed E-state index contributed by atoms with van der Waals surface area (Å²) in [6.07, 6.45) is 1.21. The maximum Gasteiger partial charge on any atom is 0.410 e. The third-order valence-corrected chi connectivity index (χ3v) is 2.71. The van der Waals surface area contributed by atoms with Crippen molar-refractivity contribution in [2.45, 2.75) is 32.3 Å². The summed E-state index contributed by atoms with van der Waals surface area (Å²) in [5, 5.41) is 0. The second-order valence-corrected chi connectivity index (χ2v) is 5.45. The van der Waals surface area contributed by atoms with E-state index < -0.39 is 5.60 Å². The molecular formula is C13H17FN2O2. The van der Waals surface area contributed by atoms with Crippen LogP contribution in [0.2, 0.25) is 0 Å². The van der Waals surface area contributed by atoms with Gasteiger partial charge in [0.15, 0.2) is 0 Å². The molecule has 1 aromatic heterocycles. The number of nitrogens with zero attached hydrogens (tertiary/aromatic N) is 2. The van der Waals surface area contributed by atoms with Crippen LogP contribution in [0.25, 0.3) is 0 Å². The van der Waals surface area contributed by atoms with Crippen molar-refractivity contribution in [1.82, 2.24) is 9.88 Å². The van der Waals surface area contributed by atoms with Gasteiger partial charge in [0.2, 0.25) is 0 Å². The van der Waals surface area contributed by atoms with Crippen LogP contribution < -0.4 is 0 Å². The van der Waals surface area contributed by atoms with E-state index in [9.17, 15) is 9.18 Å². The molecule has 0 radical (unpaired) electrons. The Labute approximate surface area is 106 Å². The molecule has 1 fully saturated rings. The van der Waals surface area contributed by atoms with Crippen LogP contribution in [0.1, 0.15) is 32.4 Å². The van der Waals surface area contributed by atoms with E-state index in [4.69, 9.17) is 4.74 Å². The van der Waals surface area contributed by atoms with E-state index in [1.165, 1.54) is 6.07 Å². The number of rotatable bonds is 1. The molecule has 5 heteroatoms. The number of aromatic nitrogens is 1. The van der Waals surface area contributed by atoms with Gasteiger partial charge in [0.05, 0.1) is 5.69 Å². The zero-order valence-corrected chi connectivity index (χ0v) is 10.8. The lowest BCUT2D eigenvalue weighted by atomic mass is 9.96. The Bertz CT molecular complexity index is 451. The van der Waals surface area contributed by atoms with E-state index >= 15 is 0 Å². The first-order chi connectivity index (χ1) is 8.37. The van der Waals surface area contributed by atoms with Crippen LogP contribution in [-0.4, -0.2) is 34.7 Å². The molecule has 18 heavy (non-hydrogen) atoms. The second kappa shape index (κ2) is 4.55. The molecule has 2 rings (SSSR count). The van der Waals surface area contributed by atoms with Crippen LogP contribution in [-0.2, 0) is 4.74 Å². The quantitative estimate of drug-likeness (QED) is 0.771. The molecule has 1 saturated heterocycles. The van der Waals surface area contributed by atoms with Crippen LogP contribution in [0.5, 0.6) is 0 Å². The normalized spacial score (nSPS) is 16.3. The SMILES string of the molecule is CC(C)(C)OC(=O)N1CC(c2ncccc2F)C1. The lowest BCUT2D eigenvalue weighted by Gasteiger charge is -2.39. The van der Waals surface area contributed by atoms with Crippen molar-refractivity contribution in [3.63, 3.8) is 0 Å². The van der Waals surface area contributed by atoms with Gasteiger partial charge < -0.3 is 9.64 Å².